The van der Waals surface area contributed by atoms with Gasteiger partial charge in [0, 0.05) is 17.1 Å². The third-order valence-corrected chi connectivity index (χ3v) is 1.71. The number of aromatic nitrogens is 1. The summed E-state index contributed by atoms with van der Waals surface area (Å²) in [4.78, 5) is 13.5. The molecule has 13 heavy (non-hydrogen) atoms. The Labute approximate surface area is 74.5 Å². The molecular weight excluding hydrogens is 172 g/mol. The van der Waals surface area contributed by atoms with Crippen molar-refractivity contribution >= 4 is 5.82 Å². The molecule has 1 fully saturated rings. The van der Waals surface area contributed by atoms with Gasteiger partial charge < -0.3 is 14.9 Å². The van der Waals surface area contributed by atoms with Crippen LogP contribution in [0.1, 0.15) is 12.8 Å². The molecule has 1 aromatic rings. The van der Waals surface area contributed by atoms with Crippen LogP contribution in [0.2, 0.25) is 0 Å². The van der Waals surface area contributed by atoms with Crippen LogP contribution in [0.4, 0.5) is 5.82 Å². The Bertz CT molecular complexity index is 336. The number of nitrogens with zero attached hydrogens (tertiary/aromatic N) is 2. The van der Waals surface area contributed by atoms with E-state index < -0.39 is 4.92 Å². The smallest absolute Gasteiger partial charge is 0.367 e. The third kappa shape index (κ3) is 1.93. The summed E-state index contributed by atoms with van der Waals surface area (Å²) in [5, 5.41) is 10.3. The second-order valence-corrected chi connectivity index (χ2v) is 2.91. The minimum absolute atomic E-state index is 0.168. The molecule has 0 N–H and O–H groups in total. The predicted octanol–water partition coefficient (Wildman–Crippen LogP) is 1.53. The second-order valence-electron chi connectivity index (χ2n) is 2.91. The first-order valence-corrected chi connectivity index (χ1v) is 4.04. The lowest BCUT2D eigenvalue weighted by Gasteiger charge is -1.97. The molecule has 1 aliphatic carbocycles. The Hall–Kier alpha value is -1.65. The summed E-state index contributed by atoms with van der Waals surface area (Å²) in [5.74, 6) is 0.176. The van der Waals surface area contributed by atoms with E-state index in [0.29, 0.717) is 5.88 Å². The molecule has 0 saturated heterocycles. The van der Waals surface area contributed by atoms with Gasteiger partial charge in [-0.3, -0.25) is 0 Å². The van der Waals surface area contributed by atoms with E-state index in [1.165, 1.54) is 6.07 Å². The highest BCUT2D eigenvalue weighted by Crippen LogP contribution is 2.26. The van der Waals surface area contributed by atoms with Crippen molar-refractivity contribution in [2.75, 3.05) is 0 Å². The van der Waals surface area contributed by atoms with Gasteiger partial charge in [0.1, 0.15) is 6.10 Å². The van der Waals surface area contributed by atoms with E-state index in [9.17, 15) is 10.1 Å². The van der Waals surface area contributed by atoms with Crippen LogP contribution in [0.5, 0.6) is 5.88 Å². The molecule has 1 saturated carbocycles. The van der Waals surface area contributed by atoms with E-state index in [2.05, 4.69) is 4.98 Å². The number of hydrogen-bond acceptors (Lipinski definition) is 4. The first-order chi connectivity index (χ1) is 6.25. The van der Waals surface area contributed by atoms with Gasteiger partial charge in [0.05, 0.1) is 0 Å². The molecule has 1 aliphatic rings. The summed E-state index contributed by atoms with van der Waals surface area (Å²) >= 11 is 0. The molecule has 0 aromatic carbocycles. The molecule has 1 aromatic heterocycles. The summed E-state index contributed by atoms with van der Waals surface area (Å²) in [6.07, 6.45) is 2.25. The highest BCUT2D eigenvalue weighted by molar-refractivity contribution is 5.25. The van der Waals surface area contributed by atoms with Gasteiger partial charge in [-0.05, 0) is 23.8 Å². The highest BCUT2D eigenvalue weighted by Gasteiger charge is 2.25. The van der Waals surface area contributed by atoms with Crippen LogP contribution in [0.15, 0.2) is 18.2 Å². The van der Waals surface area contributed by atoms with Crippen molar-refractivity contribution in [1.29, 1.82) is 0 Å². The summed E-state index contributed by atoms with van der Waals surface area (Å²) in [7, 11) is 0. The van der Waals surface area contributed by atoms with Crippen LogP contribution < -0.4 is 4.74 Å². The number of nitro groups is 1. The SMILES string of the molecule is O=[N+]([O-])c1cccc(OC2CC2)n1. The molecule has 2 rings (SSSR count). The molecule has 68 valence electrons. The zero-order valence-corrected chi connectivity index (χ0v) is 6.84. The summed E-state index contributed by atoms with van der Waals surface area (Å²) in [6, 6.07) is 4.55. The molecular formula is C8H8N2O3. The Morgan fingerprint density at radius 2 is 2.31 bits per heavy atom. The summed E-state index contributed by atoms with van der Waals surface area (Å²) in [5.41, 5.74) is 0. The van der Waals surface area contributed by atoms with Crippen molar-refractivity contribution in [3.05, 3.63) is 28.3 Å². The molecule has 5 heteroatoms. The standard InChI is InChI=1S/C8H8N2O3/c11-10(12)7-2-1-3-8(9-7)13-6-4-5-6/h1-3,6H,4-5H2. The molecule has 0 atom stereocenters. The minimum Gasteiger partial charge on any atom is -0.456 e. The molecule has 5 nitrogen and oxygen atoms in total. The van der Waals surface area contributed by atoms with E-state index >= 15 is 0 Å². The van der Waals surface area contributed by atoms with Gasteiger partial charge in [0.15, 0.2) is 0 Å². The largest absolute Gasteiger partial charge is 0.456 e. The molecule has 0 amide bonds. The zero-order chi connectivity index (χ0) is 9.26. The van der Waals surface area contributed by atoms with Crippen molar-refractivity contribution in [1.82, 2.24) is 4.98 Å². The van der Waals surface area contributed by atoms with Gasteiger partial charge >= 0.3 is 11.7 Å². The summed E-state index contributed by atoms with van der Waals surface area (Å²) in [6.45, 7) is 0. The van der Waals surface area contributed by atoms with E-state index in [1.807, 2.05) is 0 Å². The first-order valence-electron chi connectivity index (χ1n) is 4.04. The molecule has 0 bridgehead atoms. The first kappa shape index (κ1) is 7.97. The molecule has 1 heterocycles. The number of pyridine rings is 1. The van der Waals surface area contributed by atoms with Crippen molar-refractivity contribution in [2.24, 2.45) is 0 Å². The molecule has 0 unspecified atom stereocenters. The Morgan fingerprint density at radius 3 is 2.92 bits per heavy atom. The fourth-order valence-corrected chi connectivity index (χ4v) is 0.928. The minimum atomic E-state index is -0.528. The van der Waals surface area contributed by atoms with Crippen LogP contribution in [-0.2, 0) is 0 Å². The Kier molecular flexibility index (Phi) is 1.84. The van der Waals surface area contributed by atoms with Crippen LogP contribution in [-0.4, -0.2) is 16.0 Å². The van der Waals surface area contributed by atoms with Crippen molar-refractivity contribution in [2.45, 2.75) is 18.9 Å². The van der Waals surface area contributed by atoms with Gasteiger partial charge in [-0.15, -0.1) is 0 Å². The van der Waals surface area contributed by atoms with Gasteiger partial charge in [0.25, 0.3) is 0 Å². The normalized spacial score (nSPS) is 15.4. The molecule has 0 aliphatic heterocycles. The van der Waals surface area contributed by atoms with Crippen LogP contribution in [0, 0.1) is 10.1 Å². The lowest BCUT2D eigenvalue weighted by Crippen LogP contribution is -1.99. The fourth-order valence-electron chi connectivity index (χ4n) is 0.928. The van der Waals surface area contributed by atoms with Gasteiger partial charge in [-0.1, -0.05) is 0 Å². The second kappa shape index (κ2) is 3.01. The van der Waals surface area contributed by atoms with Crippen LogP contribution >= 0.6 is 0 Å². The third-order valence-electron chi connectivity index (χ3n) is 1.71. The van der Waals surface area contributed by atoms with Gasteiger partial charge in [-0.2, -0.15) is 0 Å². The highest BCUT2D eigenvalue weighted by atomic mass is 16.6. The van der Waals surface area contributed by atoms with Crippen molar-refractivity contribution in [3.63, 3.8) is 0 Å². The monoisotopic (exact) mass is 180 g/mol. The van der Waals surface area contributed by atoms with E-state index in [4.69, 9.17) is 4.74 Å². The average molecular weight is 180 g/mol. The lowest BCUT2D eigenvalue weighted by atomic mass is 10.4. The molecule has 0 radical (unpaired) electrons. The van der Waals surface area contributed by atoms with Crippen molar-refractivity contribution < 1.29 is 9.66 Å². The van der Waals surface area contributed by atoms with Crippen LogP contribution in [0.3, 0.4) is 0 Å². The lowest BCUT2D eigenvalue weighted by molar-refractivity contribution is -0.389. The Morgan fingerprint density at radius 1 is 1.54 bits per heavy atom. The van der Waals surface area contributed by atoms with E-state index in [0.717, 1.165) is 12.8 Å². The summed E-state index contributed by atoms with van der Waals surface area (Å²) < 4.78 is 5.30. The zero-order valence-electron chi connectivity index (χ0n) is 6.84. The average Bonchev–Trinajstić information content (AvgIpc) is 2.89. The number of hydrogen-bond donors (Lipinski definition) is 0. The maximum absolute atomic E-state index is 10.3. The Balaban J connectivity index is 2.15. The predicted molar refractivity (Wildman–Crippen MR) is 44.5 cm³/mol. The van der Waals surface area contributed by atoms with E-state index in [1.54, 1.807) is 12.1 Å². The van der Waals surface area contributed by atoms with Crippen LogP contribution in [0.25, 0.3) is 0 Å². The fraction of sp³-hybridized carbons (Fsp3) is 0.375. The van der Waals surface area contributed by atoms with Crippen molar-refractivity contribution in [3.8, 4) is 5.88 Å². The van der Waals surface area contributed by atoms with E-state index in [-0.39, 0.29) is 11.9 Å². The maximum atomic E-state index is 10.3. The maximum Gasteiger partial charge on any atom is 0.367 e. The van der Waals surface area contributed by atoms with Gasteiger partial charge in [0.2, 0.25) is 0 Å². The number of rotatable bonds is 3. The molecule has 0 spiro atoms. The topological polar surface area (TPSA) is 65.3 Å². The number of ether oxygens (including phenoxy) is 1. The quantitative estimate of drug-likeness (QED) is 0.522. The van der Waals surface area contributed by atoms with Gasteiger partial charge in [-0.25, -0.2) is 0 Å².